The van der Waals surface area contributed by atoms with Gasteiger partial charge in [-0.3, -0.25) is 5.10 Å². The van der Waals surface area contributed by atoms with Crippen LogP contribution in [0, 0.1) is 0 Å². The number of carbonyl (C=O) groups excluding carboxylic acids is 1. The molecule has 1 atom stereocenters. The van der Waals surface area contributed by atoms with Crippen molar-refractivity contribution < 1.29 is 14.3 Å². The number of benzene rings is 1. The van der Waals surface area contributed by atoms with Crippen LogP contribution in [0.4, 0.5) is 10.5 Å². The second-order valence-corrected chi connectivity index (χ2v) is 6.24. The topological polar surface area (TPSA) is 88.3 Å². The molecule has 0 radical (unpaired) electrons. The van der Waals surface area contributed by atoms with Crippen molar-refractivity contribution in [3.8, 4) is 11.5 Å². The van der Waals surface area contributed by atoms with E-state index >= 15 is 0 Å². The number of nitrogens with zero attached hydrogens (tertiary/aromatic N) is 1. The summed E-state index contributed by atoms with van der Waals surface area (Å²) in [5.41, 5.74) is 1.56. The molecule has 1 aliphatic carbocycles. The summed E-state index contributed by atoms with van der Waals surface area (Å²) in [6.45, 7) is 1.92. The molecule has 1 aromatic heterocycles. The van der Waals surface area contributed by atoms with Crippen molar-refractivity contribution in [3.63, 3.8) is 0 Å². The Morgan fingerprint density at radius 1 is 1.32 bits per heavy atom. The third-order valence-corrected chi connectivity index (χ3v) is 4.39. The lowest BCUT2D eigenvalue weighted by atomic mass is 10.1. The van der Waals surface area contributed by atoms with Gasteiger partial charge in [0, 0.05) is 6.20 Å². The number of amides is 2. The van der Waals surface area contributed by atoms with E-state index in [0.717, 1.165) is 24.2 Å². The minimum Gasteiger partial charge on any atom is -0.493 e. The van der Waals surface area contributed by atoms with E-state index in [1.54, 1.807) is 19.5 Å². The van der Waals surface area contributed by atoms with Gasteiger partial charge in [0.2, 0.25) is 0 Å². The summed E-state index contributed by atoms with van der Waals surface area (Å²) in [7, 11) is 1.63. The number of aromatic nitrogens is 2. The van der Waals surface area contributed by atoms with Gasteiger partial charge in [-0.05, 0) is 50.3 Å². The lowest BCUT2D eigenvalue weighted by Crippen LogP contribution is -2.31. The third-order valence-electron chi connectivity index (χ3n) is 4.39. The Labute approximate surface area is 147 Å². The number of ether oxygens (including phenoxy) is 2. The molecule has 1 aliphatic rings. The number of H-pyrrole nitrogens is 1. The highest BCUT2D eigenvalue weighted by Gasteiger charge is 2.19. The molecule has 1 unspecified atom stereocenters. The third kappa shape index (κ3) is 4.43. The van der Waals surface area contributed by atoms with Crippen molar-refractivity contribution >= 4 is 11.7 Å². The zero-order valence-corrected chi connectivity index (χ0v) is 14.5. The molecular weight excluding hydrogens is 320 g/mol. The maximum atomic E-state index is 12.0. The fourth-order valence-electron chi connectivity index (χ4n) is 3.00. The second-order valence-electron chi connectivity index (χ2n) is 6.24. The Morgan fingerprint density at radius 2 is 2.12 bits per heavy atom. The predicted octanol–water partition coefficient (Wildman–Crippen LogP) is 3.62. The van der Waals surface area contributed by atoms with Crippen LogP contribution in [0.3, 0.4) is 0 Å². The molecule has 0 aliphatic heterocycles. The molecule has 1 heterocycles. The van der Waals surface area contributed by atoms with Crippen molar-refractivity contribution in [2.24, 2.45) is 0 Å². The number of urea groups is 1. The number of methoxy groups -OCH3 is 1. The highest BCUT2D eigenvalue weighted by molar-refractivity contribution is 5.89. The van der Waals surface area contributed by atoms with Crippen LogP contribution in [-0.4, -0.2) is 29.4 Å². The quantitative estimate of drug-likeness (QED) is 0.747. The Morgan fingerprint density at radius 3 is 2.80 bits per heavy atom. The summed E-state index contributed by atoms with van der Waals surface area (Å²) in [4.78, 5) is 12.0. The first-order valence-corrected chi connectivity index (χ1v) is 8.56. The Hall–Kier alpha value is -2.70. The number of carbonyl (C=O) groups is 1. The fourth-order valence-corrected chi connectivity index (χ4v) is 3.00. The van der Waals surface area contributed by atoms with Crippen LogP contribution in [0.5, 0.6) is 11.5 Å². The van der Waals surface area contributed by atoms with E-state index in [-0.39, 0.29) is 18.2 Å². The zero-order chi connectivity index (χ0) is 17.6. The van der Waals surface area contributed by atoms with Crippen LogP contribution in [0.15, 0.2) is 30.6 Å². The minimum absolute atomic E-state index is 0.179. The molecule has 0 bridgehead atoms. The number of aromatic amines is 1. The number of hydrogen-bond acceptors (Lipinski definition) is 4. The predicted molar refractivity (Wildman–Crippen MR) is 95.0 cm³/mol. The molecule has 2 amide bonds. The maximum Gasteiger partial charge on any atom is 0.319 e. The smallest absolute Gasteiger partial charge is 0.319 e. The summed E-state index contributed by atoms with van der Waals surface area (Å²) in [5, 5.41) is 12.0. The van der Waals surface area contributed by atoms with Gasteiger partial charge in [0.05, 0.1) is 31.1 Å². The maximum absolute atomic E-state index is 12.0. The van der Waals surface area contributed by atoms with Gasteiger partial charge in [0.15, 0.2) is 11.5 Å². The van der Waals surface area contributed by atoms with E-state index in [0.29, 0.717) is 11.4 Å². The number of anilines is 1. The molecular formula is C18H24N4O3. The van der Waals surface area contributed by atoms with Gasteiger partial charge in [-0.25, -0.2) is 4.79 Å². The van der Waals surface area contributed by atoms with Gasteiger partial charge in [-0.1, -0.05) is 6.07 Å². The second kappa shape index (κ2) is 7.92. The van der Waals surface area contributed by atoms with Crippen molar-refractivity contribution in [3.05, 3.63) is 36.2 Å². The van der Waals surface area contributed by atoms with Gasteiger partial charge in [0.1, 0.15) is 0 Å². The standard InChI is InChI=1S/C18H24N4O3/c1-12(21-18(23)22-14-10-19-20-11-14)13-7-8-16(17(9-13)24-2)25-15-5-3-4-6-15/h7-12,15H,3-6H2,1-2H3,(H,19,20)(H2,21,22,23). The first-order valence-electron chi connectivity index (χ1n) is 8.56. The van der Waals surface area contributed by atoms with Crippen molar-refractivity contribution in [1.29, 1.82) is 0 Å². The summed E-state index contributed by atoms with van der Waals surface area (Å²) in [6, 6.07) is 5.31. The molecule has 1 aromatic carbocycles. The Balaban J connectivity index is 1.63. The molecule has 25 heavy (non-hydrogen) atoms. The Kier molecular flexibility index (Phi) is 5.42. The van der Waals surface area contributed by atoms with E-state index in [1.165, 1.54) is 12.8 Å². The van der Waals surface area contributed by atoms with Gasteiger partial charge in [0.25, 0.3) is 0 Å². The van der Waals surface area contributed by atoms with Crippen LogP contribution in [0.25, 0.3) is 0 Å². The van der Waals surface area contributed by atoms with E-state index in [2.05, 4.69) is 20.8 Å². The van der Waals surface area contributed by atoms with E-state index < -0.39 is 0 Å². The molecule has 7 nitrogen and oxygen atoms in total. The van der Waals surface area contributed by atoms with E-state index in [4.69, 9.17) is 9.47 Å². The molecule has 0 spiro atoms. The summed E-state index contributed by atoms with van der Waals surface area (Å²) in [5.74, 6) is 1.45. The normalized spacial score (nSPS) is 15.6. The molecule has 0 saturated heterocycles. The average molecular weight is 344 g/mol. The van der Waals surface area contributed by atoms with Crippen LogP contribution >= 0.6 is 0 Å². The first-order chi connectivity index (χ1) is 12.2. The molecule has 1 fully saturated rings. The SMILES string of the molecule is COc1cc(C(C)NC(=O)Nc2cn[nH]c2)ccc1OC1CCCC1. The Bertz CT molecular complexity index is 696. The number of nitrogens with one attached hydrogen (secondary N) is 3. The lowest BCUT2D eigenvalue weighted by Gasteiger charge is -2.19. The van der Waals surface area contributed by atoms with E-state index in [9.17, 15) is 4.79 Å². The lowest BCUT2D eigenvalue weighted by molar-refractivity contribution is 0.200. The summed E-state index contributed by atoms with van der Waals surface area (Å²) >= 11 is 0. The molecule has 1 saturated carbocycles. The van der Waals surface area contributed by atoms with E-state index in [1.807, 2.05) is 25.1 Å². The highest BCUT2D eigenvalue weighted by atomic mass is 16.5. The van der Waals surface area contributed by atoms with Crippen LogP contribution in [0.1, 0.15) is 44.2 Å². The minimum atomic E-state index is -0.292. The van der Waals surface area contributed by atoms with Gasteiger partial charge in [-0.15, -0.1) is 0 Å². The van der Waals surface area contributed by atoms with Gasteiger partial charge in [-0.2, -0.15) is 5.10 Å². The van der Waals surface area contributed by atoms with Crippen LogP contribution < -0.4 is 20.1 Å². The van der Waals surface area contributed by atoms with Crippen molar-refractivity contribution in [2.75, 3.05) is 12.4 Å². The largest absolute Gasteiger partial charge is 0.493 e. The van der Waals surface area contributed by atoms with Gasteiger partial charge >= 0.3 is 6.03 Å². The monoisotopic (exact) mass is 344 g/mol. The average Bonchev–Trinajstić information content (AvgIpc) is 3.29. The first kappa shape index (κ1) is 17.1. The molecule has 7 heteroatoms. The molecule has 3 rings (SSSR count). The number of rotatable bonds is 6. The van der Waals surface area contributed by atoms with Crippen LogP contribution in [0.2, 0.25) is 0 Å². The van der Waals surface area contributed by atoms with Crippen molar-refractivity contribution in [2.45, 2.75) is 44.8 Å². The molecule has 2 aromatic rings. The summed E-state index contributed by atoms with van der Waals surface area (Å²) < 4.78 is 11.5. The van der Waals surface area contributed by atoms with Crippen LogP contribution in [-0.2, 0) is 0 Å². The summed E-state index contributed by atoms with van der Waals surface area (Å²) in [6.07, 6.45) is 8.06. The molecule has 134 valence electrons. The molecule has 3 N–H and O–H groups in total. The highest BCUT2D eigenvalue weighted by Crippen LogP contribution is 2.33. The fraction of sp³-hybridized carbons (Fsp3) is 0.444. The number of hydrogen-bond donors (Lipinski definition) is 3. The van der Waals surface area contributed by atoms with Gasteiger partial charge < -0.3 is 20.1 Å². The van der Waals surface area contributed by atoms with Crippen molar-refractivity contribution in [1.82, 2.24) is 15.5 Å². The zero-order valence-electron chi connectivity index (χ0n) is 14.5.